The maximum Gasteiger partial charge on any atom is 0.284 e. The number of aryl methyl sites for hydroxylation is 1. The van der Waals surface area contributed by atoms with Crippen molar-refractivity contribution < 1.29 is 18.9 Å². The Morgan fingerprint density at radius 1 is 1.21 bits per heavy atom. The SMILES string of the molecule is COc1ccc(-c2ccc(/C=N\NC(=O)c3ccccc3C)o2)c([N+](=O)[O-])c1. The molecule has 0 aliphatic carbocycles. The van der Waals surface area contributed by atoms with Gasteiger partial charge in [0.2, 0.25) is 0 Å². The molecule has 0 radical (unpaired) electrons. The van der Waals surface area contributed by atoms with Crippen molar-refractivity contribution in [2.75, 3.05) is 7.11 Å². The first-order valence-electron chi connectivity index (χ1n) is 8.31. The highest BCUT2D eigenvalue weighted by Gasteiger charge is 2.19. The lowest BCUT2D eigenvalue weighted by Gasteiger charge is -2.03. The Balaban J connectivity index is 1.76. The second-order valence-electron chi connectivity index (χ2n) is 5.86. The lowest BCUT2D eigenvalue weighted by Crippen LogP contribution is -2.18. The van der Waals surface area contributed by atoms with Crippen LogP contribution in [0.25, 0.3) is 11.3 Å². The van der Waals surface area contributed by atoms with Crippen LogP contribution in [0.1, 0.15) is 21.7 Å². The summed E-state index contributed by atoms with van der Waals surface area (Å²) in [6.45, 7) is 1.83. The number of amides is 1. The molecule has 0 spiro atoms. The largest absolute Gasteiger partial charge is 0.497 e. The molecule has 8 heteroatoms. The molecule has 1 heterocycles. The molecule has 0 bridgehead atoms. The average molecular weight is 379 g/mol. The normalized spacial score (nSPS) is 10.8. The van der Waals surface area contributed by atoms with Crippen molar-refractivity contribution in [2.24, 2.45) is 5.10 Å². The van der Waals surface area contributed by atoms with Crippen LogP contribution in [0.5, 0.6) is 5.75 Å². The second-order valence-corrected chi connectivity index (χ2v) is 5.86. The minimum atomic E-state index is -0.503. The van der Waals surface area contributed by atoms with Gasteiger partial charge in [0, 0.05) is 5.56 Å². The minimum Gasteiger partial charge on any atom is -0.497 e. The summed E-state index contributed by atoms with van der Waals surface area (Å²) in [4.78, 5) is 22.9. The molecule has 1 aromatic heterocycles. The van der Waals surface area contributed by atoms with Crippen molar-refractivity contribution in [2.45, 2.75) is 6.92 Å². The first kappa shape index (κ1) is 18.8. The van der Waals surface area contributed by atoms with E-state index in [1.54, 1.807) is 36.4 Å². The number of hydrazone groups is 1. The predicted molar refractivity (Wildman–Crippen MR) is 104 cm³/mol. The summed E-state index contributed by atoms with van der Waals surface area (Å²) in [6, 6.07) is 14.8. The number of rotatable bonds is 6. The third kappa shape index (κ3) is 4.07. The van der Waals surface area contributed by atoms with E-state index in [-0.39, 0.29) is 11.6 Å². The van der Waals surface area contributed by atoms with Crippen molar-refractivity contribution >= 4 is 17.8 Å². The zero-order valence-corrected chi connectivity index (χ0v) is 15.2. The van der Waals surface area contributed by atoms with E-state index in [4.69, 9.17) is 9.15 Å². The predicted octanol–water partition coefficient (Wildman–Crippen LogP) is 3.94. The van der Waals surface area contributed by atoms with Gasteiger partial charge in [0.15, 0.2) is 0 Å². The number of methoxy groups -OCH3 is 1. The molecule has 0 fully saturated rings. The molecule has 2 aromatic carbocycles. The summed E-state index contributed by atoms with van der Waals surface area (Å²) in [5, 5.41) is 15.2. The summed E-state index contributed by atoms with van der Waals surface area (Å²) in [5.74, 6) is 0.681. The van der Waals surface area contributed by atoms with Crippen LogP contribution in [-0.2, 0) is 0 Å². The van der Waals surface area contributed by atoms with Crippen LogP contribution in [0.15, 0.2) is 64.1 Å². The number of nitro groups is 1. The van der Waals surface area contributed by atoms with Crippen LogP contribution in [0.4, 0.5) is 5.69 Å². The van der Waals surface area contributed by atoms with Gasteiger partial charge in [0.25, 0.3) is 11.6 Å². The molecule has 28 heavy (non-hydrogen) atoms. The van der Waals surface area contributed by atoms with E-state index in [1.807, 2.05) is 19.1 Å². The number of nitrogens with one attached hydrogen (secondary N) is 1. The van der Waals surface area contributed by atoms with E-state index in [1.165, 1.54) is 19.4 Å². The summed E-state index contributed by atoms with van der Waals surface area (Å²) >= 11 is 0. The van der Waals surface area contributed by atoms with Gasteiger partial charge in [-0.05, 0) is 42.8 Å². The monoisotopic (exact) mass is 379 g/mol. The minimum absolute atomic E-state index is 0.134. The van der Waals surface area contributed by atoms with Crippen LogP contribution in [0.2, 0.25) is 0 Å². The van der Waals surface area contributed by atoms with Crippen LogP contribution < -0.4 is 10.2 Å². The van der Waals surface area contributed by atoms with E-state index in [0.717, 1.165) is 5.56 Å². The van der Waals surface area contributed by atoms with Crippen molar-refractivity contribution in [3.8, 4) is 17.1 Å². The molecular weight excluding hydrogens is 362 g/mol. The number of hydrogen-bond donors (Lipinski definition) is 1. The lowest BCUT2D eigenvalue weighted by atomic mass is 10.1. The van der Waals surface area contributed by atoms with Gasteiger partial charge >= 0.3 is 0 Å². The number of benzene rings is 2. The van der Waals surface area contributed by atoms with E-state index in [9.17, 15) is 14.9 Å². The number of furan rings is 1. The van der Waals surface area contributed by atoms with Gasteiger partial charge in [-0.15, -0.1) is 0 Å². The topological polar surface area (TPSA) is 107 Å². The van der Waals surface area contributed by atoms with Crippen LogP contribution in [0, 0.1) is 17.0 Å². The van der Waals surface area contributed by atoms with E-state index < -0.39 is 4.92 Å². The van der Waals surface area contributed by atoms with Crippen molar-refractivity contribution in [3.63, 3.8) is 0 Å². The maximum atomic E-state index is 12.1. The number of carbonyl (C=O) groups is 1. The molecule has 0 atom stereocenters. The zero-order valence-electron chi connectivity index (χ0n) is 15.2. The number of carbonyl (C=O) groups excluding carboxylic acids is 1. The Labute approximate surface area is 160 Å². The molecule has 142 valence electrons. The van der Waals surface area contributed by atoms with Crippen LogP contribution in [0.3, 0.4) is 0 Å². The number of nitrogens with zero attached hydrogens (tertiary/aromatic N) is 2. The quantitative estimate of drug-likeness (QED) is 0.397. The van der Waals surface area contributed by atoms with E-state index in [0.29, 0.717) is 28.4 Å². The molecule has 1 N–H and O–H groups in total. The third-order valence-corrected chi connectivity index (χ3v) is 4.04. The second kappa shape index (κ2) is 8.17. The summed E-state index contributed by atoms with van der Waals surface area (Å²) in [5.41, 5.74) is 3.97. The van der Waals surface area contributed by atoms with Crippen molar-refractivity contribution in [3.05, 3.63) is 81.6 Å². The highest BCUT2D eigenvalue weighted by molar-refractivity contribution is 5.96. The maximum absolute atomic E-state index is 12.1. The zero-order chi connectivity index (χ0) is 20.1. The fourth-order valence-corrected chi connectivity index (χ4v) is 2.61. The molecular formula is C20H17N3O5. The molecule has 1 amide bonds. The van der Waals surface area contributed by atoms with Gasteiger partial charge in [-0.1, -0.05) is 18.2 Å². The van der Waals surface area contributed by atoms with Crippen molar-refractivity contribution in [1.82, 2.24) is 5.43 Å². The highest BCUT2D eigenvalue weighted by atomic mass is 16.6. The lowest BCUT2D eigenvalue weighted by molar-refractivity contribution is -0.384. The van der Waals surface area contributed by atoms with Gasteiger partial charge in [-0.3, -0.25) is 14.9 Å². The molecule has 0 saturated heterocycles. The van der Waals surface area contributed by atoms with Crippen LogP contribution in [-0.4, -0.2) is 24.2 Å². The Morgan fingerprint density at radius 3 is 2.71 bits per heavy atom. The molecule has 3 rings (SSSR count). The number of nitro benzene ring substituents is 1. The molecule has 0 saturated carbocycles. The molecule has 0 unspecified atom stereocenters. The first-order chi connectivity index (χ1) is 13.5. The van der Waals surface area contributed by atoms with Crippen molar-refractivity contribution in [1.29, 1.82) is 0 Å². The summed E-state index contributed by atoms with van der Waals surface area (Å²) in [6.07, 6.45) is 1.33. The van der Waals surface area contributed by atoms with Gasteiger partial charge in [0.05, 0.1) is 29.9 Å². The fourth-order valence-electron chi connectivity index (χ4n) is 2.61. The fraction of sp³-hybridized carbons (Fsp3) is 0.100. The average Bonchev–Trinajstić information content (AvgIpc) is 3.16. The number of ether oxygens (including phenoxy) is 1. The van der Waals surface area contributed by atoms with Gasteiger partial charge < -0.3 is 9.15 Å². The van der Waals surface area contributed by atoms with Gasteiger partial charge in [-0.2, -0.15) is 5.10 Å². The third-order valence-electron chi connectivity index (χ3n) is 4.04. The van der Waals surface area contributed by atoms with Gasteiger partial charge in [-0.25, -0.2) is 5.43 Å². The Hall–Kier alpha value is -3.94. The first-order valence-corrected chi connectivity index (χ1v) is 8.31. The molecule has 0 aliphatic heterocycles. The number of hydrogen-bond acceptors (Lipinski definition) is 6. The van der Waals surface area contributed by atoms with E-state index >= 15 is 0 Å². The molecule has 0 aliphatic rings. The highest BCUT2D eigenvalue weighted by Crippen LogP contribution is 2.33. The van der Waals surface area contributed by atoms with E-state index in [2.05, 4.69) is 10.5 Å². The Morgan fingerprint density at radius 2 is 2.00 bits per heavy atom. The molecule has 8 nitrogen and oxygen atoms in total. The molecule has 3 aromatic rings. The smallest absolute Gasteiger partial charge is 0.284 e. The standard InChI is InChI=1S/C20H17N3O5/c1-13-5-3-4-6-16(13)20(24)22-21-12-15-8-10-19(28-15)17-9-7-14(27-2)11-18(17)23(25)26/h3-12H,1-2H3,(H,22,24)/b21-12-. The Bertz CT molecular complexity index is 1060. The summed E-state index contributed by atoms with van der Waals surface area (Å²) in [7, 11) is 1.44. The Kier molecular flexibility index (Phi) is 5.50. The van der Waals surface area contributed by atoms with Gasteiger partial charge in [0.1, 0.15) is 17.3 Å². The van der Waals surface area contributed by atoms with Crippen LogP contribution >= 0.6 is 0 Å². The summed E-state index contributed by atoms with van der Waals surface area (Å²) < 4.78 is 10.6.